The largest absolute Gasteiger partial charge is 0.451 e. The normalized spacial score (nSPS) is 12.0. The quantitative estimate of drug-likeness (QED) is 0.689. The highest BCUT2D eigenvalue weighted by atomic mass is 16.5. The van der Waals surface area contributed by atoms with Gasteiger partial charge in [-0.3, -0.25) is 18.7 Å². The first-order valence-corrected chi connectivity index (χ1v) is 9.00. The van der Waals surface area contributed by atoms with Gasteiger partial charge in [0, 0.05) is 12.7 Å². The predicted octanol–water partition coefficient (Wildman–Crippen LogP) is 2.53. The number of carbonyl (C=O) groups excluding carboxylic acids is 2. The Morgan fingerprint density at radius 2 is 1.79 bits per heavy atom. The third-order valence-electron chi connectivity index (χ3n) is 4.66. The van der Waals surface area contributed by atoms with Crippen molar-refractivity contribution in [3.63, 3.8) is 0 Å². The third-order valence-corrected chi connectivity index (χ3v) is 4.66. The molecule has 0 saturated heterocycles. The molecule has 1 atom stereocenters. The van der Waals surface area contributed by atoms with E-state index in [1.807, 2.05) is 38.1 Å². The first-order chi connectivity index (χ1) is 13.3. The van der Waals surface area contributed by atoms with Gasteiger partial charge in [-0.25, -0.2) is 4.79 Å². The molecule has 0 bridgehead atoms. The summed E-state index contributed by atoms with van der Waals surface area (Å²) in [6.07, 6.45) is -0.987. The van der Waals surface area contributed by atoms with E-state index >= 15 is 0 Å². The van der Waals surface area contributed by atoms with Crippen LogP contribution >= 0.6 is 0 Å². The van der Waals surface area contributed by atoms with E-state index in [9.17, 15) is 14.4 Å². The molecular weight excluding hydrogens is 358 g/mol. The van der Waals surface area contributed by atoms with E-state index in [1.165, 1.54) is 16.1 Å². The second kappa shape index (κ2) is 7.72. The van der Waals surface area contributed by atoms with Gasteiger partial charge in [-0.05, 0) is 44.5 Å². The molecule has 0 fully saturated rings. The van der Waals surface area contributed by atoms with E-state index < -0.39 is 18.0 Å². The van der Waals surface area contributed by atoms with E-state index in [1.54, 1.807) is 25.2 Å². The molecule has 7 nitrogen and oxygen atoms in total. The Labute approximate surface area is 162 Å². The number of carbonyl (C=O) groups is 2. The Morgan fingerprint density at radius 1 is 1.11 bits per heavy atom. The Hall–Kier alpha value is -3.35. The van der Waals surface area contributed by atoms with Crippen molar-refractivity contribution in [3.8, 4) is 0 Å². The Bertz CT molecular complexity index is 1110. The predicted molar refractivity (Wildman–Crippen MR) is 107 cm³/mol. The molecular formula is C21H23N3O4. The average Bonchev–Trinajstić information content (AvgIpc) is 2.89. The zero-order valence-electron chi connectivity index (χ0n) is 16.4. The van der Waals surface area contributed by atoms with Crippen molar-refractivity contribution in [2.24, 2.45) is 7.05 Å². The zero-order valence-corrected chi connectivity index (χ0v) is 16.4. The number of para-hydroxylation sites is 2. The first-order valence-electron chi connectivity index (χ1n) is 9.00. The Kier molecular flexibility index (Phi) is 5.35. The van der Waals surface area contributed by atoms with Gasteiger partial charge >= 0.3 is 11.7 Å². The van der Waals surface area contributed by atoms with Crippen molar-refractivity contribution in [2.75, 3.05) is 5.32 Å². The van der Waals surface area contributed by atoms with Crippen LogP contribution in [-0.4, -0.2) is 27.1 Å². The molecule has 1 unspecified atom stereocenters. The molecule has 0 aliphatic rings. The molecule has 0 radical (unpaired) electrons. The molecule has 3 aromatic rings. The van der Waals surface area contributed by atoms with Crippen LogP contribution in [0.3, 0.4) is 0 Å². The molecule has 146 valence electrons. The molecule has 1 aromatic heterocycles. The number of fused-ring (bicyclic) bond motifs is 1. The fraction of sp³-hybridized carbons (Fsp3) is 0.286. The van der Waals surface area contributed by atoms with Crippen LogP contribution in [0.25, 0.3) is 11.0 Å². The maximum Gasteiger partial charge on any atom is 0.329 e. The molecule has 7 heteroatoms. The summed E-state index contributed by atoms with van der Waals surface area (Å²) in [5, 5.41) is 2.76. The van der Waals surface area contributed by atoms with Crippen molar-refractivity contribution in [1.82, 2.24) is 9.13 Å². The lowest BCUT2D eigenvalue weighted by molar-refractivity contribution is -0.153. The summed E-state index contributed by atoms with van der Waals surface area (Å²) in [4.78, 5) is 37.1. The van der Waals surface area contributed by atoms with Gasteiger partial charge in [-0.1, -0.05) is 29.8 Å². The van der Waals surface area contributed by atoms with Crippen molar-refractivity contribution >= 4 is 28.6 Å². The second-order valence-corrected chi connectivity index (χ2v) is 6.86. The number of aromatic nitrogens is 2. The fourth-order valence-electron chi connectivity index (χ4n) is 3.12. The van der Waals surface area contributed by atoms with Crippen molar-refractivity contribution in [1.29, 1.82) is 0 Å². The maximum absolute atomic E-state index is 12.4. The van der Waals surface area contributed by atoms with E-state index in [0.29, 0.717) is 11.2 Å². The molecule has 0 aliphatic heterocycles. The van der Waals surface area contributed by atoms with E-state index in [0.717, 1.165) is 16.6 Å². The van der Waals surface area contributed by atoms with Crippen molar-refractivity contribution < 1.29 is 14.3 Å². The van der Waals surface area contributed by atoms with Crippen LogP contribution in [0, 0.1) is 13.8 Å². The molecule has 1 heterocycles. The standard InChI is InChI=1S/C21H23N3O4/c1-13-9-10-16(14(2)11-13)22-20(26)15(3)28-19(25)12-24-18-8-6-5-7-17(18)23(4)21(24)27/h5-11,15H,12H2,1-4H3,(H,22,26). The first kappa shape index (κ1) is 19.4. The lowest BCUT2D eigenvalue weighted by Crippen LogP contribution is -2.33. The zero-order chi connectivity index (χ0) is 20.4. The molecule has 2 aromatic carbocycles. The van der Waals surface area contributed by atoms with E-state index in [4.69, 9.17) is 4.74 Å². The molecule has 28 heavy (non-hydrogen) atoms. The van der Waals surface area contributed by atoms with Crippen LogP contribution in [0.4, 0.5) is 5.69 Å². The number of aryl methyl sites for hydroxylation is 3. The highest BCUT2D eigenvalue weighted by Gasteiger charge is 2.20. The van der Waals surface area contributed by atoms with E-state index in [2.05, 4.69) is 5.32 Å². The van der Waals surface area contributed by atoms with Gasteiger partial charge in [-0.2, -0.15) is 0 Å². The molecule has 1 N–H and O–H groups in total. The lowest BCUT2D eigenvalue weighted by atomic mass is 10.1. The van der Waals surface area contributed by atoms with Crippen LogP contribution in [0.5, 0.6) is 0 Å². The van der Waals surface area contributed by atoms with Crippen molar-refractivity contribution in [3.05, 3.63) is 64.1 Å². The molecule has 0 spiro atoms. The van der Waals surface area contributed by atoms with Gasteiger partial charge in [0.15, 0.2) is 6.10 Å². The summed E-state index contributed by atoms with van der Waals surface area (Å²) in [5.74, 6) is -1.08. The number of anilines is 1. The number of imidazole rings is 1. The van der Waals surface area contributed by atoms with E-state index in [-0.39, 0.29) is 12.2 Å². The van der Waals surface area contributed by atoms with Crippen LogP contribution in [0.1, 0.15) is 18.1 Å². The number of nitrogens with zero attached hydrogens (tertiary/aromatic N) is 2. The van der Waals surface area contributed by atoms with Crippen LogP contribution in [-0.2, 0) is 27.9 Å². The minimum absolute atomic E-state index is 0.263. The third kappa shape index (κ3) is 3.83. The van der Waals surface area contributed by atoms with Gasteiger partial charge in [0.2, 0.25) is 0 Å². The summed E-state index contributed by atoms with van der Waals surface area (Å²) < 4.78 is 8.06. The SMILES string of the molecule is Cc1ccc(NC(=O)C(C)OC(=O)Cn2c(=O)n(C)c3ccccc32)c(C)c1. The molecule has 0 aliphatic carbocycles. The highest BCUT2D eigenvalue weighted by Crippen LogP contribution is 2.17. The number of rotatable bonds is 5. The molecule has 1 amide bonds. The summed E-state index contributed by atoms with van der Waals surface area (Å²) >= 11 is 0. The maximum atomic E-state index is 12.4. The summed E-state index contributed by atoms with van der Waals surface area (Å²) in [5.41, 5.74) is 3.74. The number of ether oxygens (including phenoxy) is 1. The van der Waals surface area contributed by atoms with Gasteiger partial charge in [0.25, 0.3) is 5.91 Å². The number of benzene rings is 2. The number of nitrogens with one attached hydrogen (secondary N) is 1. The van der Waals surface area contributed by atoms with Crippen LogP contribution < -0.4 is 11.0 Å². The second-order valence-electron chi connectivity index (χ2n) is 6.86. The average molecular weight is 381 g/mol. The highest BCUT2D eigenvalue weighted by molar-refractivity contribution is 5.95. The van der Waals surface area contributed by atoms with Crippen LogP contribution in [0.2, 0.25) is 0 Å². The van der Waals surface area contributed by atoms with Gasteiger partial charge in [-0.15, -0.1) is 0 Å². The Balaban J connectivity index is 1.69. The number of esters is 1. The molecule has 3 rings (SSSR count). The fourth-order valence-corrected chi connectivity index (χ4v) is 3.12. The summed E-state index contributed by atoms with van der Waals surface area (Å²) in [6, 6.07) is 12.9. The minimum atomic E-state index is -0.987. The number of hydrogen-bond acceptors (Lipinski definition) is 4. The van der Waals surface area contributed by atoms with Gasteiger partial charge in [0.1, 0.15) is 6.54 Å². The molecule has 0 saturated carbocycles. The van der Waals surface area contributed by atoms with Gasteiger partial charge in [0.05, 0.1) is 11.0 Å². The lowest BCUT2D eigenvalue weighted by Gasteiger charge is -2.15. The number of hydrogen-bond donors (Lipinski definition) is 1. The Morgan fingerprint density at radius 3 is 2.46 bits per heavy atom. The topological polar surface area (TPSA) is 82.3 Å². The minimum Gasteiger partial charge on any atom is -0.451 e. The smallest absolute Gasteiger partial charge is 0.329 e. The summed E-state index contributed by atoms with van der Waals surface area (Å²) in [7, 11) is 1.65. The van der Waals surface area contributed by atoms with Crippen molar-refractivity contribution in [2.45, 2.75) is 33.4 Å². The monoisotopic (exact) mass is 381 g/mol. The number of amides is 1. The van der Waals surface area contributed by atoms with Crippen LogP contribution in [0.15, 0.2) is 47.3 Å². The summed E-state index contributed by atoms with van der Waals surface area (Å²) in [6.45, 7) is 5.11. The van der Waals surface area contributed by atoms with Gasteiger partial charge < -0.3 is 10.1 Å².